The standard InChI is InChI=1S/C15H13Br2FO2/c1-19-12-7-6-9(16)8-10(12)15(17)14-11(18)4-3-5-13(14)20-2/h3-8,15H,1-2H3. The van der Waals surface area contributed by atoms with E-state index in [0.29, 0.717) is 17.1 Å². The van der Waals surface area contributed by atoms with Crippen LogP contribution in [0.25, 0.3) is 0 Å². The summed E-state index contributed by atoms with van der Waals surface area (Å²) in [6.07, 6.45) is 0. The van der Waals surface area contributed by atoms with Crippen molar-refractivity contribution in [3.8, 4) is 11.5 Å². The molecule has 0 spiro atoms. The lowest BCUT2D eigenvalue weighted by molar-refractivity contribution is 0.401. The Balaban J connectivity index is 2.57. The van der Waals surface area contributed by atoms with E-state index in [2.05, 4.69) is 31.9 Å². The van der Waals surface area contributed by atoms with Gasteiger partial charge in [0.25, 0.3) is 0 Å². The molecule has 106 valence electrons. The van der Waals surface area contributed by atoms with Crippen LogP contribution in [0.3, 0.4) is 0 Å². The molecule has 0 aliphatic heterocycles. The van der Waals surface area contributed by atoms with Gasteiger partial charge in [-0.25, -0.2) is 4.39 Å². The van der Waals surface area contributed by atoms with Crippen molar-refractivity contribution in [2.24, 2.45) is 0 Å². The molecule has 1 atom stereocenters. The number of methoxy groups -OCH3 is 2. The molecule has 0 saturated heterocycles. The van der Waals surface area contributed by atoms with E-state index in [1.54, 1.807) is 19.2 Å². The van der Waals surface area contributed by atoms with E-state index in [1.165, 1.54) is 13.2 Å². The van der Waals surface area contributed by atoms with Gasteiger partial charge in [0.15, 0.2) is 0 Å². The highest BCUT2D eigenvalue weighted by molar-refractivity contribution is 9.10. The van der Waals surface area contributed by atoms with E-state index >= 15 is 0 Å². The van der Waals surface area contributed by atoms with Crippen LogP contribution in [0.2, 0.25) is 0 Å². The minimum atomic E-state index is -0.369. The Morgan fingerprint density at radius 2 is 1.75 bits per heavy atom. The van der Waals surface area contributed by atoms with Gasteiger partial charge in [-0.15, -0.1) is 0 Å². The van der Waals surface area contributed by atoms with Gasteiger partial charge in [-0.05, 0) is 30.3 Å². The van der Waals surface area contributed by atoms with Crippen molar-refractivity contribution in [2.75, 3.05) is 14.2 Å². The van der Waals surface area contributed by atoms with Gasteiger partial charge in [0.2, 0.25) is 0 Å². The summed E-state index contributed by atoms with van der Waals surface area (Å²) >= 11 is 6.96. The zero-order valence-electron chi connectivity index (χ0n) is 11.0. The summed E-state index contributed by atoms with van der Waals surface area (Å²) < 4.78 is 25.6. The van der Waals surface area contributed by atoms with Crippen LogP contribution >= 0.6 is 31.9 Å². The summed E-state index contributed by atoms with van der Waals surface area (Å²) in [5.41, 5.74) is 1.27. The average Bonchev–Trinajstić information content (AvgIpc) is 2.46. The zero-order valence-corrected chi connectivity index (χ0v) is 14.2. The minimum absolute atomic E-state index is 0.326. The number of hydrogen-bond donors (Lipinski definition) is 0. The molecule has 2 rings (SSSR count). The van der Waals surface area contributed by atoms with Gasteiger partial charge in [0.05, 0.1) is 19.0 Å². The maximum Gasteiger partial charge on any atom is 0.131 e. The smallest absolute Gasteiger partial charge is 0.131 e. The highest BCUT2D eigenvalue weighted by Crippen LogP contribution is 2.42. The minimum Gasteiger partial charge on any atom is -0.496 e. The first kappa shape index (κ1) is 15.3. The van der Waals surface area contributed by atoms with Crippen LogP contribution in [0.1, 0.15) is 16.0 Å². The molecule has 0 N–H and O–H groups in total. The van der Waals surface area contributed by atoms with Crippen molar-refractivity contribution in [1.82, 2.24) is 0 Å². The van der Waals surface area contributed by atoms with Crippen LogP contribution < -0.4 is 9.47 Å². The molecular weight excluding hydrogens is 391 g/mol. The van der Waals surface area contributed by atoms with Crippen molar-refractivity contribution < 1.29 is 13.9 Å². The number of halogens is 3. The SMILES string of the molecule is COc1ccc(Br)cc1C(Br)c1c(F)cccc1OC. The molecule has 0 bridgehead atoms. The van der Waals surface area contributed by atoms with Crippen LogP contribution in [0.4, 0.5) is 4.39 Å². The molecule has 0 aromatic heterocycles. The highest BCUT2D eigenvalue weighted by atomic mass is 79.9. The molecule has 2 nitrogen and oxygen atoms in total. The van der Waals surface area contributed by atoms with E-state index in [9.17, 15) is 4.39 Å². The summed E-state index contributed by atoms with van der Waals surface area (Å²) in [5.74, 6) is 0.850. The normalized spacial score (nSPS) is 12.1. The van der Waals surface area contributed by atoms with Crippen molar-refractivity contribution in [2.45, 2.75) is 4.83 Å². The fourth-order valence-corrected chi connectivity index (χ4v) is 3.18. The number of hydrogen-bond acceptors (Lipinski definition) is 2. The Labute approximate surface area is 134 Å². The Morgan fingerprint density at radius 1 is 1.05 bits per heavy atom. The molecule has 0 aliphatic rings. The Morgan fingerprint density at radius 3 is 2.40 bits per heavy atom. The van der Waals surface area contributed by atoms with Gasteiger partial charge in [-0.3, -0.25) is 0 Å². The zero-order chi connectivity index (χ0) is 14.7. The van der Waals surface area contributed by atoms with Gasteiger partial charge in [-0.1, -0.05) is 37.9 Å². The summed E-state index contributed by atoms with van der Waals surface area (Å²) in [6.45, 7) is 0. The maximum atomic E-state index is 14.1. The molecule has 1 unspecified atom stereocenters. The van der Waals surface area contributed by atoms with Gasteiger partial charge in [-0.2, -0.15) is 0 Å². The van der Waals surface area contributed by atoms with Gasteiger partial charge >= 0.3 is 0 Å². The topological polar surface area (TPSA) is 18.5 Å². The second-order valence-corrected chi connectivity index (χ2v) is 5.94. The summed E-state index contributed by atoms with van der Waals surface area (Å²) in [4.78, 5) is -0.369. The van der Waals surface area contributed by atoms with Crippen molar-refractivity contribution >= 4 is 31.9 Å². The number of alkyl halides is 1. The molecule has 0 aliphatic carbocycles. The summed E-state index contributed by atoms with van der Waals surface area (Å²) in [7, 11) is 3.11. The van der Waals surface area contributed by atoms with E-state index in [1.807, 2.05) is 18.2 Å². The molecule has 0 heterocycles. The summed E-state index contributed by atoms with van der Waals surface area (Å²) in [6, 6.07) is 10.4. The fraction of sp³-hybridized carbons (Fsp3) is 0.200. The van der Waals surface area contributed by atoms with Crippen LogP contribution in [0.5, 0.6) is 11.5 Å². The van der Waals surface area contributed by atoms with Gasteiger partial charge in [0, 0.05) is 15.6 Å². The first-order valence-electron chi connectivity index (χ1n) is 5.88. The summed E-state index contributed by atoms with van der Waals surface area (Å²) in [5, 5.41) is 0. The lowest BCUT2D eigenvalue weighted by Gasteiger charge is -2.18. The number of ether oxygens (including phenoxy) is 2. The maximum absolute atomic E-state index is 14.1. The Kier molecular flexibility index (Phi) is 5.05. The second kappa shape index (κ2) is 6.59. The molecule has 20 heavy (non-hydrogen) atoms. The molecular formula is C15H13Br2FO2. The van der Waals surface area contributed by atoms with Crippen LogP contribution in [0, 0.1) is 5.82 Å². The third-order valence-corrected chi connectivity index (χ3v) is 4.40. The van der Waals surface area contributed by atoms with Crippen LogP contribution in [-0.2, 0) is 0 Å². The predicted octanol–water partition coefficient (Wildman–Crippen LogP) is 5.09. The molecule has 2 aromatic carbocycles. The number of rotatable bonds is 4. The molecule has 5 heteroatoms. The lowest BCUT2D eigenvalue weighted by atomic mass is 10.0. The third kappa shape index (κ3) is 2.99. The van der Waals surface area contributed by atoms with E-state index in [0.717, 1.165) is 10.0 Å². The first-order chi connectivity index (χ1) is 9.58. The lowest BCUT2D eigenvalue weighted by Crippen LogP contribution is -2.02. The monoisotopic (exact) mass is 402 g/mol. The highest BCUT2D eigenvalue weighted by Gasteiger charge is 2.22. The third-order valence-electron chi connectivity index (χ3n) is 2.95. The molecule has 2 aromatic rings. The van der Waals surface area contributed by atoms with E-state index in [4.69, 9.17) is 9.47 Å². The van der Waals surface area contributed by atoms with E-state index < -0.39 is 0 Å². The van der Waals surface area contributed by atoms with Crippen LogP contribution in [0.15, 0.2) is 40.9 Å². The van der Waals surface area contributed by atoms with Gasteiger partial charge in [0.1, 0.15) is 17.3 Å². The molecule has 0 radical (unpaired) electrons. The molecule has 0 fully saturated rings. The predicted molar refractivity (Wildman–Crippen MR) is 84.4 cm³/mol. The van der Waals surface area contributed by atoms with Crippen LogP contribution in [-0.4, -0.2) is 14.2 Å². The largest absolute Gasteiger partial charge is 0.496 e. The molecule has 0 amide bonds. The Bertz CT molecular complexity index is 617. The van der Waals surface area contributed by atoms with Crippen molar-refractivity contribution in [1.29, 1.82) is 0 Å². The average molecular weight is 404 g/mol. The fourth-order valence-electron chi connectivity index (χ4n) is 2.00. The van der Waals surface area contributed by atoms with Crippen molar-refractivity contribution in [3.63, 3.8) is 0 Å². The first-order valence-corrected chi connectivity index (χ1v) is 7.59. The quantitative estimate of drug-likeness (QED) is 0.662. The van der Waals surface area contributed by atoms with Gasteiger partial charge < -0.3 is 9.47 Å². The van der Waals surface area contributed by atoms with E-state index in [-0.39, 0.29) is 10.6 Å². The van der Waals surface area contributed by atoms with Crippen molar-refractivity contribution in [3.05, 3.63) is 57.8 Å². The Hall–Kier alpha value is -1.07. The second-order valence-electron chi connectivity index (χ2n) is 4.10. The molecule has 0 saturated carbocycles. The number of benzene rings is 2.